The van der Waals surface area contributed by atoms with Crippen LogP contribution in [0.1, 0.15) is 27.0 Å². The zero-order chi connectivity index (χ0) is 39.9. The van der Waals surface area contributed by atoms with Crippen LogP contribution < -0.4 is 4.74 Å². The molecule has 0 fully saturated rings. The van der Waals surface area contributed by atoms with Crippen LogP contribution in [0.5, 0.6) is 23.0 Å². The Kier molecular flexibility index (Phi) is 7.82. The lowest BCUT2D eigenvalue weighted by Crippen LogP contribution is -2.35. The highest BCUT2D eigenvalue weighted by molar-refractivity contribution is 7.94. The summed E-state index contributed by atoms with van der Waals surface area (Å²) in [6, 6.07) is 11.4. The van der Waals surface area contributed by atoms with Gasteiger partial charge in [0.25, 0.3) is 22.7 Å². The number of hydrogen-bond acceptors (Lipinski definition) is 17. The summed E-state index contributed by atoms with van der Waals surface area (Å²) >= 11 is 0. The number of sulfone groups is 2. The first-order chi connectivity index (χ1) is 25.8. The van der Waals surface area contributed by atoms with Crippen molar-refractivity contribution in [1.82, 2.24) is 0 Å². The third kappa shape index (κ3) is 5.16. The molecule has 1 atom stereocenters. The van der Waals surface area contributed by atoms with Gasteiger partial charge in [-0.3, -0.25) is 40.5 Å². The minimum absolute atomic E-state index is 0.165. The van der Waals surface area contributed by atoms with Crippen LogP contribution in [0.2, 0.25) is 0 Å². The average molecular weight is 793 g/mol. The molecule has 0 aromatic heterocycles. The van der Waals surface area contributed by atoms with Crippen molar-refractivity contribution in [3.63, 3.8) is 0 Å². The highest BCUT2D eigenvalue weighted by Crippen LogP contribution is 2.61. The SMILES string of the molecule is O=C1OC2(c3ccc(O)cc3Oc3cc(O)c(S(=O)(=O)c4ccc([N+](=O)[O-])cc4[N+](=O)[O-])c(S(=O)(=O)c4ccc([N+](=O)[O-])cc4[N+](=O)[O-])c32)c2ccccc21. The summed E-state index contributed by atoms with van der Waals surface area (Å²) in [7, 11) is -11.7. The lowest BCUT2D eigenvalue weighted by molar-refractivity contribution is -0.396. The van der Waals surface area contributed by atoms with E-state index in [-0.39, 0.29) is 34.6 Å². The number of nitro groups is 4. The van der Waals surface area contributed by atoms with E-state index in [0.29, 0.717) is 30.3 Å². The lowest BCUT2D eigenvalue weighted by Gasteiger charge is -2.38. The normalized spacial score (nSPS) is 15.6. The second kappa shape index (κ2) is 12.0. The van der Waals surface area contributed by atoms with Crippen LogP contribution in [0.4, 0.5) is 22.7 Å². The molecule has 7 rings (SSSR count). The Morgan fingerprint density at radius 1 is 0.600 bits per heavy atom. The van der Waals surface area contributed by atoms with Crippen LogP contribution in [0.25, 0.3) is 0 Å². The zero-order valence-corrected chi connectivity index (χ0v) is 28.3. The number of non-ortho nitro benzene ring substituents is 2. The van der Waals surface area contributed by atoms with Crippen molar-refractivity contribution < 1.29 is 61.0 Å². The van der Waals surface area contributed by atoms with E-state index in [9.17, 15) is 63.9 Å². The van der Waals surface area contributed by atoms with Gasteiger partial charge in [-0.2, -0.15) is 0 Å². The number of hydrogen-bond donors (Lipinski definition) is 2. The molecule has 5 aromatic rings. The lowest BCUT2D eigenvalue weighted by atomic mass is 9.77. The molecule has 2 heterocycles. The first-order valence-corrected chi connectivity index (χ1v) is 17.9. The molecule has 278 valence electrons. The topological polar surface area (TPSA) is 317 Å². The second-order valence-corrected chi connectivity index (χ2v) is 15.4. The van der Waals surface area contributed by atoms with E-state index in [2.05, 4.69) is 0 Å². The third-order valence-electron chi connectivity index (χ3n) is 8.69. The molecule has 2 aliphatic rings. The number of phenols is 2. The molecular weight excluding hydrogens is 776 g/mol. The highest BCUT2D eigenvalue weighted by atomic mass is 32.2. The van der Waals surface area contributed by atoms with Gasteiger partial charge in [-0.15, -0.1) is 0 Å². The first kappa shape index (κ1) is 35.9. The smallest absolute Gasteiger partial charge is 0.340 e. The fourth-order valence-electron chi connectivity index (χ4n) is 6.47. The molecule has 0 radical (unpaired) electrons. The molecule has 2 aliphatic heterocycles. The number of fused-ring (bicyclic) bond motifs is 6. The summed E-state index contributed by atoms with van der Waals surface area (Å²) in [5.41, 5.74) is -8.97. The van der Waals surface area contributed by atoms with E-state index < -0.39 is 116 Å². The maximum Gasteiger partial charge on any atom is 0.340 e. The number of ether oxygens (including phenoxy) is 2. The van der Waals surface area contributed by atoms with E-state index in [1.807, 2.05) is 0 Å². The zero-order valence-electron chi connectivity index (χ0n) is 26.7. The maximum absolute atomic E-state index is 15.1. The van der Waals surface area contributed by atoms with E-state index in [1.54, 1.807) is 0 Å². The Morgan fingerprint density at radius 2 is 1.15 bits per heavy atom. The van der Waals surface area contributed by atoms with E-state index in [4.69, 9.17) is 9.47 Å². The van der Waals surface area contributed by atoms with Crippen LogP contribution >= 0.6 is 0 Å². The summed E-state index contributed by atoms with van der Waals surface area (Å²) in [6.45, 7) is 0. The highest BCUT2D eigenvalue weighted by Gasteiger charge is 2.58. The molecule has 0 bridgehead atoms. The minimum Gasteiger partial charge on any atom is -0.508 e. The number of aromatic hydroxyl groups is 2. The number of phenolic OH excluding ortho intramolecular Hbond substituents is 2. The van der Waals surface area contributed by atoms with Crippen molar-refractivity contribution in [1.29, 1.82) is 0 Å². The van der Waals surface area contributed by atoms with Crippen LogP contribution in [0.3, 0.4) is 0 Å². The molecule has 5 aromatic carbocycles. The number of nitro benzene ring substituents is 4. The van der Waals surface area contributed by atoms with E-state index >= 15 is 8.42 Å². The predicted octanol–water partition coefficient (Wildman–Crippen LogP) is 4.96. The Bertz CT molecular complexity index is 2880. The van der Waals surface area contributed by atoms with Gasteiger partial charge in [0.05, 0.1) is 43.0 Å². The Morgan fingerprint density at radius 3 is 1.69 bits per heavy atom. The van der Waals surface area contributed by atoms with Gasteiger partial charge < -0.3 is 19.7 Å². The minimum atomic E-state index is -5.89. The summed E-state index contributed by atoms with van der Waals surface area (Å²) < 4.78 is 71.4. The first-order valence-electron chi connectivity index (χ1n) is 14.9. The number of carbonyl (C=O) groups excluding carboxylic acids is 1. The number of rotatable bonds is 8. The van der Waals surface area contributed by atoms with Crippen molar-refractivity contribution >= 4 is 48.4 Å². The summed E-state index contributed by atoms with van der Waals surface area (Å²) in [6.07, 6.45) is 0. The van der Waals surface area contributed by atoms with Crippen LogP contribution in [0.15, 0.2) is 105 Å². The molecule has 23 heteroatoms. The predicted molar refractivity (Wildman–Crippen MR) is 178 cm³/mol. The fourth-order valence-corrected chi connectivity index (χ4v) is 10.4. The van der Waals surface area contributed by atoms with Crippen molar-refractivity contribution in [2.75, 3.05) is 0 Å². The largest absolute Gasteiger partial charge is 0.508 e. The molecule has 0 saturated carbocycles. The summed E-state index contributed by atoms with van der Waals surface area (Å²) in [5.74, 6) is -4.14. The number of nitrogens with zero attached hydrogens (tertiary/aromatic N) is 4. The van der Waals surface area contributed by atoms with Gasteiger partial charge >= 0.3 is 5.97 Å². The Hall–Kier alpha value is -7.53. The quantitative estimate of drug-likeness (QED) is 0.119. The summed E-state index contributed by atoms with van der Waals surface area (Å²) in [5, 5.41) is 69.3. The van der Waals surface area contributed by atoms with Crippen molar-refractivity contribution in [2.45, 2.75) is 25.2 Å². The fraction of sp³-hybridized carbons (Fsp3) is 0.0312. The van der Waals surface area contributed by atoms with Crippen molar-refractivity contribution in [2.24, 2.45) is 0 Å². The van der Waals surface area contributed by atoms with Gasteiger partial charge in [0.2, 0.25) is 19.7 Å². The van der Waals surface area contributed by atoms with Gasteiger partial charge in [0.1, 0.15) is 42.6 Å². The molecule has 0 amide bonds. The van der Waals surface area contributed by atoms with E-state index in [1.165, 1.54) is 24.3 Å². The van der Waals surface area contributed by atoms with Crippen LogP contribution in [-0.2, 0) is 30.0 Å². The molecule has 55 heavy (non-hydrogen) atoms. The molecule has 21 nitrogen and oxygen atoms in total. The van der Waals surface area contributed by atoms with Crippen molar-refractivity contribution in [3.05, 3.63) is 148 Å². The van der Waals surface area contributed by atoms with Crippen molar-refractivity contribution in [3.8, 4) is 23.0 Å². The molecule has 0 saturated heterocycles. The molecule has 0 aliphatic carbocycles. The van der Waals surface area contributed by atoms with Gasteiger partial charge in [-0.05, 0) is 30.3 Å². The second-order valence-electron chi connectivity index (χ2n) is 11.7. The third-order valence-corrected chi connectivity index (χ3v) is 12.6. The Labute approximate surface area is 304 Å². The summed E-state index contributed by atoms with van der Waals surface area (Å²) in [4.78, 5) is 50.1. The van der Waals surface area contributed by atoms with Gasteiger partial charge in [-0.25, -0.2) is 21.6 Å². The van der Waals surface area contributed by atoms with Crippen LogP contribution in [-0.4, -0.2) is 52.7 Å². The maximum atomic E-state index is 15.1. The van der Waals surface area contributed by atoms with E-state index in [0.717, 1.165) is 18.2 Å². The van der Waals surface area contributed by atoms with Crippen LogP contribution in [0, 0.1) is 40.5 Å². The average Bonchev–Trinajstić information content (AvgIpc) is 3.41. The van der Waals surface area contributed by atoms with Gasteiger partial charge in [-0.1, -0.05) is 18.2 Å². The van der Waals surface area contributed by atoms with Gasteiger partial charge in [0, 0.05) is 35.4 Å². The number of esters is 1. The molecule has 1 unspecified atom stereocenters. The molecular formula is C32H16N4O17S2. The number of benzene rings is 5. The monoisotopic (exact) mass is 792 g/mol. The Balaban J connectivity index is 1.71. The standard InChI is InChI=1S/C32H16N4O17S2/c37-17-7-8-20-24(13-17)52-25-14-23(38)29(54(48,49)26-9-5-15(33(40)41)11-21(26)35(44)45)30(28(25)32(20)19-4-2-1-3-18(19)31(39)53-32)55(50,51)27-10-6-16(34(42)43)12-22(27)36(46)47/h1-14,37-38H. The molecule has 2 N–H and O–H groups in total. The number of carbonyl (C=O) groups is 1. The molecule has 1 spiro atoms. The van der Waals surface area contributed by atoms with Gasteiger partial charge in [0.15, 0.2) is 5.60 Å².